The number of para-hydroxylation sites is 2. The molecule has 0 saturated heterocycles. The SMILES string of the molecule is Cc1cc(C(=O)NCc2nc3ccccc3[nH]2)nc(C2CC2)n1. The summed E-state index contributed by atoms with van der Waals surface area (Å²) in [6, 6.07) is 9.51. The number of carbonyl (C=O) groups excluding carboxylic acids is 1. The van der Waals surface area contributed by atoms with E-state index >= 15 is 0 Å². The summed E-state index contributed by atoms with van der Waals surface area (Å²) in [6.45, 7) is 2.24. The molecule has 0 radical (unpaired) electrons. The number of imidazole rings is 1. The minimum Gasteiger partial charge on any atom is -0.343 e. The Morgan fingerprint density at radius 2 is 2.09 bits per heavy atom. The van der Waals surface area contributed by atoms with Crippen molar-refractivity contribution >= 4 is 16.9 Å². The molecule has 2 aromatic heterocycles. The van der Waals surface area contributed by atoms with Crippen molar-refractivity contribution in [2.45, 2.75) is 32.2 Å². The van der Waals surface area contributed by atoms with E-state index in [0.717, 1.165) is 41.2 Å². The lowest BCUT2D eigenvalue weighted by atomic mass is 10.3. The van der Waals surface area contributed by atoms with Crippen LogP contribution < -0.4 is 5.32 Å². The lowest BCUT2D eigenvalue weighted by molar-refractivity contribution is 0.0944. The van der Waals surface area contributed by atoms with E-state index in [9.17, 15) is 4.79 Å². The molecule has 1 aliphatic carbocycles. The summed E-state index contributed by atoms with van der Waals surface area (Å²) < 4.78 is 0. The summed E-state index contributed by atoms with van der Waals surface area (Å²) in [6.07, 6.45) is 2.23. The third-order valence-corrected chi connectivity index (χ3v) is 3.90. The molecular formula is C17H17N5O. The molecular weight excluding hydrogens is 290 g/mol. The third kappa shape index (κ3) is 2.92. The molecule has 1 fully saturated rings. The van der Waals surface area contributed by atoms with E-state index in [1.807, 2.05) is 31.2 Å². The maximum absolute atomic E-state index is 12.3. The number of nitrogens with zero attached hydrogens (tertiary/aromatic N) is 3. The van der Waals surface area contributed by atoms with Crippen molar-refractivity contribution < 1.29 is 4.79 Å². The average Bonchev–Trinajstić information content (AvgIpc) is 3.31. The van der Waals surface area contributed by atoms with Crippen LogP contribution in [0.2, 0.25) is 0 Å². The first-order valence-corrected chi connectivity index (χ1v) is 7.76. The summed E-state index contributed by atoms with van der Waals surface area (Å²) in [4.78, 5) is 28.8. The van der Waals surface area contributed by atoms with E-state index in [0.29, 0.717) is 18.2 Å². The van der Waals surface area contributed by atoms with E-state index in [1.165, 1.54) is 0 Å². The number of aromatic nitrogens is 4. The van der Waals surface area contributed by atoms with E-state index in [1.54, 1.807) is 6.07 Å². The van der Waals surface area contributed by atoms with Crippen LogP contribution in [0.3, 0.4) is 0 Å². The second-order valence-corrected chi connectivity index (χ2v) is 5.91. The number of hydrogen-bond donors (Lipinski definition) is 2. The molecule has 1 amide bonds. The Morgan fingerprint density at radius 1 is 1.26 bits per heavy atom. The van der Waals surface area contributed by atoms with Crippen LogP contribution in [0.25, 0.3) is 11.0 Å². The highest BCUT2D eigenvalue weighted by Gasteiger charge is 2.27. The highest BCUT2D eigenvalue weighted by atomic mass is 16.1. The number of nitrogens with one attached hydrogen (secondary N) is 2. The molecule has 6 heteroatoms. The molecule has 6 nitrogen and oxygen atoms in total. The van der Waals surface area contributed by atoms with Crippen molar-refractivity contribution in [2.75, 3.05) is 0 Å². The van der Waals surface area contributed by atoms with Gasteiger partial charge in [-0.05, 0) is 38.0 Å². The van der Waals surface area contributed by atoms with Gasteiger partial charge in [-0.1, -0.05) is 12.1 Å². The number of carbonyl (C=O) groups is 1. The van der Waals surface area contributed by atoms with E-state index < -0.39 is 0 Å². The Hall–Kier alpha value is -2.76. The summed E-state index contributed by atoms with van der Waals surface area (Å²) in [7, 11) is 0. The monoisotopic (exact) mass is 307 g/mol. The van der Waals surface area contributed by atoms with Gasteiger partial charge >= 0.3 is 0 Å². The number of aromatic amines is 1. The Kier molecular flexibility index (Phi) is 3.29. The standard InChI is InChI=1S/C17H17N5O/c1-10-8-14(22-16(19-10)11-6-7-11)17(23)18-9-15-20-12-4-2-3-5-13(12)21-15/h2-5,8,11H,6-7,9H2,1H3,(H,18,23)(H,20,21). The lowest BCUT2D eigenvalue weighted by Crippen LogP contribution is -2.25. The molecule has 3 aromatic rings. The molecule has 2 heterocycles. The molecule has 0 spiro atoms. The third-order valence-electron chi connectivity index (χ3n) is 3.90. The number of rotatable bonds is 4. The molecule has 23 heavy (non-hydrogen) atoms. The van der Waals surface area contributed by atoms with Gasteiger partial charge in [0.1, 0.15) is 17.3 Å². The van der Waals surface area contributed by atoms with Crippen molar-refractivity contribution in [3.63, 3.8) is 0 Å². The molecule has 4 rings (SSSR count). The van der Waals surface area contributed by atoms with Crippen LogP contribution in [-0.4, -0.2) is 25.8 Å². The van der Waals surface area contributed by atoms with Gasteiger partial charge in [0, 0.05) is 11.6 Å². The zero-order valence-corrected chi connectivity index (χ0v) is 12.8. The Bertz CT molecular complexity index is 849. The van der Waals surface area contributed by atoms with Crippen LogP contribution in [0.5, 0.6) is 0 Å². The maximum Gasteiger partial charge on any atom is 0.270 e. The number of H-pyrrole nitrogens is 1. The predicted molar refractivity (Wildman–Crippen MR) is 86.0 cm³/mol. The summed E-state index contributed by atoms with van der Waals surface area (Å²) in [5, 5.41) is 2.87. The van der Waals surface area contributed by atoms with Crippen LogP contribution in [0.1, 0.15) is 46.6 Å². The van der Waals surface area contributed by atoms with Gasteiger partial charge in [-0.15, -0.1) is 0 Å². The van der Waals surface area contributed by atoms with Gasteiger partial charge < -0.3 is 10.3 Å². The lowest BCUT2D eigenvalue weighted by Gasteiger charge is -2.06. The van der Waals surface area contributed by atoms with Crippen molar-refractivity contribution in [3.8, 4) is 0 Å². The largest absolute Gasteiger partial charge is 0.343 e. The first kappa shape index (κ1) is 13.9. The van der Waals surface area contributed by atoms with Gasteiger partial charge in [0.2, 0.25) is 0 Å². The van der Waals surface area contributed by atoms with E-state index in [2.05, 4.69) is 25.3 Å². The van der Waals surface area contributed by atoms with E-state index in [-0.39, 0.29) is 5.91 Å². The molecule has 2 N–H and O–H groups in total. The fourth-order valence-electron chi connectivity index (χ4n) is 2.58. The Labute approximate surface area is 133 Å². The zero-order chi connectivity index (χ0) is 15.8. The molecule has 0 aliphatic heterocycles. The van der Waals surface area contributed by atoms with Crippen LogP contribution in [-0.2, 0) is 6.54 Å². The zero-order valence-electron chi connectivity index (χ0n) is 12.8. The van der Waals surface area contributed by atoms with Crippen molar-refractivity contribution in [1.29, 1.82) is 0 Å². The topological polar surface area (TPSA) is 83.6 Å². The number of amides is 1. The number of hydrogen-bond acceptors (Lipinski definition) is 4. The summed E-state index contributed by atoms with van der Waals surface area (Å²) >= 11 is 0. The predicted octanol–water partition coefficient (Wildman–Crippen LogP) is 2.47. The molecule has 1 aliphatic rings. The van der Waals surface area contributed by atoms with Gasteiger partial charge in [0.25, 0.3) is 5.91 Å². The number of aryl methyl sites for hydroxylation is 1. The minimum atomic E-state index is -0.196. The Balaban J connectivity index is 1.49. The molecule has 1 saturated carbocycles. The van der Waals surface area contributed by atoms with Crippen LogP contribution in [0.4, 0.5) is 0 Å². The minimum absolute atomic E-state index is 0.196. The highest BCUT2D eigenvalue weighted by Crippen LogP contribution is 2.38. The highest BCUT2D eigenvalue weighted by molar-refractivity contribution is 5.92. The summed E-state index contributed by atoms with van der Waals surface area (Å²) in [5.41, 5.74) is 3.11. The second kappa shape index (κ2) is 5.46. The number of fused-ring (bicyclic) bond motifs is 1. The molecule has 0 bridgehead atoms. The average molecular weight is 307 g/mol. The van der Waals surface area contributed by atoms with E-state index in [4.69, 9.17) is 0 Å². The normalized spacial score (nSPS) is 14.1. The molecule has 1 aromatic carbocycles. The van der Waals surface area contributed by atoms with Gasteiger partial charge in [-0.3, -0.25) is 4.79 Å². The quantitative estimate of drug-likeness (QED) is 0.775. The van der Waals surface area contributed by atoms with Crippen LogP contribution in [0, 0.1) is 6.92 Å². The van der Waals surface area contributed by atoms with Gasteiger partial charge in [-0.2, -0.15) is 0 Å². The van der Waals surface area contributed by atoms with Gasteiger partial charge in [-0.25, -0.2) is 15.0 Å². The molecule has 0 unspecified atom stereocenters. The Morgan fingerprint density at radius 3 is 2.87 bits per heavy atom. The van der Waals surface area contributed by atoms with Gasteiger partial charge in [0.05, 0.1) is 17.6 Å². The fraction of sp³-hybridized carbons (Fsp3) is 0.294. The molecule has 116 valence electrons. The van der Waals surface area contributed by atoms with Crippen molar-refractivity contribution in [3.05, 3.63) is 53.4 Å². The van der Waals surface area contributed by atoms with Gasteiger partial charge in [0.15, 0.2) is 0 Å². The maximum atomic E-state index is 12.3. The first-order valence-electron chi connectivity index (χ1n) is 7.76. The van der Waals surface area contributed by atoms with Crippen molar-refractivity contribution in [2.24, 2.45) is 0 Å². The van der Waals surface area contributed by atoms with Crippen LogP contribution in [0.15, 0.2) is 30.3 Å². The van der Waals surface area contributed by atoms with Crippen molar-refractivity contribution in [1.82, 2.24) is 25.3 Å². The molecule has 0 atom stereocenters. The van der Waals surface area contributed by atoms with Crippen LogP contribution >= 0.6 is 0 Å². The smallest absolute Gasteiger partial charge is 0.270 e. The first-order chi connectivity index (χ1) is 11.2. The summed E-state index contributed by atoms with van der Waals surface area (Å²) in [5.74, 6) is 1.75. The number of benzene rings is 1. The fourth-order valence-corrected chi connectivity index (χ4v) is 2.58. The second-order valence-electron chi connectivity index (χ2n) is 5.91.